The van der Waals surface area contributed by atoms with E-state index in [9.17, 15) is 8.78 Å². The van der Waals surface area contributed by atoms with Crippen LogP contribution in [0.1, 0.15) is 18.9 Å². The van der Waals surface area contributed by atoms with E-state index in [1.54, 1.807) is 12.1 Å². The molecule has 0 heterocycles. The van der Waals surface area contributed by atoms with Gasteiger partial charge >= 0.3 is 0 Å². The van der Waals surface area contributed by atoms with Gasteiger partial charge in [0.1, 0.15) is 11.6 Å². The quantitative estimate of drug-likeness (QED) is 0.835. The van der Waals surface area contributed by atoms with Gasteiger partial charge in [0, 0.05) is 16.1 Å². The highest BCUT2D eigenvalue weighted by molar-refractivity contribution is 9.10. The predicted molar refractivity (Wildman–Crippen MR) is 82.5 cm³/mol. The lowest BCUT2D eigenvalue weighted by atomic mass is 10.0. The fourth-order valence-electron chi connectivity index (χ4n) is 1.92. The number of benzene rings is 2. The van der Waals surface area contributed by atoms with Gasteiger partial charge in [-0.1, -0.05) is 28.9 Å². The average Bonchev–Trinajstić information content (AvgIpc) is 2.45. The van der Waals surface area contributed by atoms with Crippen LogP contribution in [-0.2, 0) is 6.42 Å². The van der Waals surface area contributed by atoms with E-state index in [1.165, 1.54) is 24.3 Å². The molecule has 2 aromatic carbocycles. The maximum Gasteiger partial charge on any atom is 0.166 e. The van der Waals surface area contributed by atoms with Crippen molar-refractivity contribution < 1.29 is 13.5 Å². The van der Waals surface area contributed by atoms with Crippen LogP contribution in [0.2, 0.25) is 0 Å². The maximum atomic E-state index is 14.0. The summed E-state index contributed by atoms with van der Waals surface area (Å²) in [6.45, 7) is 1.93. The molecule has 0 aromatic heterocycles. The topological polar surface area (TPSA) is 35.2 Å². The normalized spacial score (nSPS) is 12.2. The van der Waals surface area contributed by atoms with E-state index in [-0.39, 0.29) is 11.8 Å². The molecule has 112 valence electrons. The smallest absolute Gasteiger partial charge is 0.166 e. The Bertz CT molecular complexity index is 634. The highest BCUT2D eigenvalue weighted by Crippen LogP contribution is 2.31. The maximum absolute atomic E-state index is 14.0. The molecule has 2 aromatic rings. The predicted octanol–water partition coefficient (Wildman–Crippen LogP) is 4.80. The fourth-order valence-corrected chi connectivity index (χ4v) is 2.25. The van der Waals surface area contributed by atoms with Gasteiger partial charge in [-0.25, -0.2) is 8.78 Å². The molecule has 0 amide bonds. The minimum atomic E-state index is -0.514. The molecule has 0 aliphatic rings. The van der Waals surface area contributed by atoms with Gasteiger partial charge in [0.2, 0.25) is 0 Å². The largest absolute Gasteiger partial charge is 0.454 e. The molecule has 0 fully saturated rings. The van der Waals surface area contributed by atoms with Crippen LogP contribution < -0.4 is 10.5 Å². The van der Waals surface area contributed by atoms with Crippen LogP contribution in [0.25, 0.3) is 0 Å². The second-order valence-corrected chi connectivity index (χ2v) is 5.68. The molecule has 0 aliphatic carbocycles. The number of halogens is 3. The van der Waals surface area contributed by atoms with E-state index in [4.69, 9.17) is 10.5 Å². The molecular weight excluding hydrogens is 340 g/mol. The molecule has 0 bridgehead atoms. The van der Waals surface area contributed by atoms with Gasteiger partial charge in [-0.2, -0.15) is 0 Å². The summed E-state index contributed by atoms with van der Waals surface area (Å²) in [5, 5.41) is 0. The highest BCUT2D eigenvalue weighted by atomic mass is 79.9. The van der Waals surface area contributed by atoms with Crippen LogP contribution in [0, 0.1) is 11.6 Å². The number of rotatable bonds is 5. The van der Waals surface area contributed by atoms with Gasteiger partial charge in [-0.3, -0.25) is 0 Å². The van der Waals surface area contributed by atoms with E-state index in [2.05, 4.69) is 15.9 Å². The van der Waals surface area contributed by atoms with Gasteiger partial charge in [-0.15, -0.1) is 0 Å². The lowest BCUT2D eigenvalue weighted by molar-refractivity contribution is 0.429. The Kier molecular flexibility index (Phi) is 5.31. The third kappa shape index (κ3) is 4.02. The van der Waals surface area contributed by atoms with Crippen molar-refractivity contribution in [2.24, 2.45) is 5.73 Å². The third-order valence-electron chi connectivity index (χ3n) is 3.18. The van der Waals surface area contributed by atoms with Crippen molar-refractivity contribution in [1.82, 2.24) is 0 Å². The number of hydrogen-bond donors (Lipinski definition) is 1. The monoisotopic (exact) mass is 355 g/mol. The molecule has 2 rings (SSSR count). The first-order chi connectivity index (χ1) is 10.0. The number of nitrogens with two attached hydrogens (primary N) is 1. The van der Waals surface area contributed by atoms with E-state index in [1.807, 2.05) is 6.92 Å². The zero-order valence-electron chi connectivity index (χ0n) is 11.6. The Morgan fingerprint density at radius 2 is 1.90 bits per heavy atom. The summed E-state index contributed by atoms with van der Waals surface area (Å²) in [6.07, 6.45) is 1.07. The van der Waals surface area contributed by atoms with Crippen molar-refractivity contribution in [3.05, 3.63) is 58.1 Å². The van der Waals surface area contributed by atoms with Crippen LogP contribution in [0.15, 0.2) is 40.9 Å². The SMILES string of the molecule is CCC(N)Cc1c(F)cccc1Oc1ccc(Br)cc1F. The zero-order valence-corrected chi connectivity index (χ0v) is 13.2. The molecule has 0 saturated carbocycles. The Labute approximate surface area is 131 Å². The molecule has 2 N–H and O–H groups in total. The van der Waals surface area contributed by atoms with Crippen LogP contribution >= 0.6 is 15.9 Å². The summed E-state index contributed by atoms with van der Waals surface area (Å²) in [6, 6.07) is 8.78. The first-order valence-electron chi connectivity index (χ1n) is 6.67. The van der Waals surface area contributed by atoms with Crippen molar-refractivity contribution in [2.75, 3.05) is 0 Å². The van der Waals surface area contributed by atoms with Crippen molar-refractivity contribution in [3.8, 4) is 11.5 Å². The van der Waals surface area contributed by atoms with Gasteiger partial charge in [-0.05, 0) is 43.2 Å². The van der Waals surface area contributed by atoms with Crippen LogP contribution in [-0.4, -0.2) is 6.04 Å². The summed E-state index contributed by atoms with van der Waals surface area (Å²) in [5.74, 6) is -0.566. The van der Waals surface area contributed by atoms with Crippen LogP contribution in [0.5, 0.6) is 11.5 Å². The van der Waals surface area contributed by atoms with Crippen molar-refractivity contribution in [2.45, 2.75) is 25.8 Å². The van der Waals surface area contributed by atoms with Crippen LogP contribution in [0.3, 0.4) is 0 Å². The molecule has 0 spiro atoms. The molecule has 1 unspecified atom stereocenters. The highest BCUT2D eigenvalue weighted by Gasteiger charge is 2.15. The summed E-state index contributed by atoms with van der Waals surface area (Å²) in [5.41, 5.74) is 6.25. The molecule has 2 nitrogen and oxygen atoms in total. The van der Waals surface area contributed by atoms with Gasteiger partial charge < -0.3 is 10.5 Å². The van der Waals surface area contributed by atoms with Crippen molar-refractivity contribution >= 4 is 15.9 Å². The molecule has 0 radical (unpaired) electrons. The molecule has 1 atom stereocenters. The Morgan fingerprint density at radius 1 is 1.14 bits per heavy atom. The van der Waals surface area contributed by atoms with E-state index < -0.39 is 11.6 Å². The van der Waals surface area contributed by atoms with E-state index in [0.717, 1.165) is 6.42 Å². The van der Waals surface area contributed by atoms with Crippen LogP contribution in [0.4, 0.5) is 8.78 Å². The van der Waals surface area contributed by atoms with Gasteiger partial charge in [0.05, 0.1) is 0 Å². The molecule has 0 saturated heterocycles. The van der Waals surface area contributed by atoms with Crippen molar-refractivity contribution in [1.29, 1.82) is 0 Å². The second-order valence-electron chi connectivity index (χ2n) is 4.77. The first kappa shape index (κ1) is 15.9. The Hall–Kier alpha value is -1.46. The molecular formula is C16H16BrF2NO. The lowest BCUT2D eigenvalue weighted by Gasteiger charge is -2.15. The van der Waals surface area contributed by atoms with Gasteiger partial charge in [0.25, 0.3) is 0 Å². The number of ether oxygens (including phenoxy) is 1. The zero-order chi connectivity index (χ0) is 15.4. The molecule has 5 heteroatoms. The molecule has 21 heavy (non-hydrogen) atoms. The summed E-state index contributed by atoms with van der Waals surface area (Å²) < 4.78 is 33.9. The summed E-state index contributed by atoms with van der Waals surface area (Å²) >= 11 is 3.18. The third-order valence-corrected chi connectivity index (χ3v) is 3.67. The number of hydrogen-bond acceptors (Lipinski definition) is 2. The Morgan fingerprint density at radius 3 is 2.57 bits per heavy atom. The van der Waals surface area contributed by atoms with E-state index in [0.29, 0.717) is 22.2 Å². The minimum absolute atomic E-state index is 0.0510. The summed E-state index contributed by atoms with van der Waals surface area (Å²) in [7, 11) is 0. The fraction of sp³-hybridized carbons (Fsp3) is 0.250. The minimum Gasteiger partial charge on any atom is -0.454 e. The lowest BCUT2D eigenvalue weighted by Crippen LogP contribution is -2.22. The van der Waals surface area contributed by atoms with E-state index >= 15 is 0 Å². The first-order valence-corrected chi connectivity index (χ1v) is 7.46. The molecule has 0 aliphatic heterocycles. The standard InChI is InChI=1S/C16H16BrF2NO/c1-2-11(20)9-12-13(18)4-3-5-15(12)21-16-7-6-10(17)8-14(16)19/h3-8,11H,2,9,20H2,1H3. The average molecular weight is 356 g/mol. The summed E-state index contributed by atoms with van der Waals surface area (Å²) in [4.78, 5) is 0. The Balaban J connectivity index is 2.33. The van der Waals surface area contributed by atoms with Crippen molar-refractivity contribution in [3.63, 3.8) is 0 Å². The second kappa shape index (κ2) is 7.00. The van der Waals surface area contributed by atoms with Gasteiger partial charge in [0.15, 0.2) is 11.6 Å².